The van der Waals surface area contributed by atoms with Crippen molar-refractivity contribution in [3.8, 4) is 6.07 Å². The van der Waals surface area contributed by atoms with Gasteiger partial charge >= 0.3 is 0 Å². The first-order valence-electron chi connectivity index (χ1n) is 11.2. The Kier molecular flexibility index (Phi) is 6.65. The molecule has 0 bridgehead atoms. The van der Waals surface area contributed by atoms with Crippen LogP contribution in [0.3, 0.4) is 0 Å². The highest BCUT2D eigenvalue weighted by Gasteiger charge is 2.22. The minimum Gasteiger partial charge on any atom is -0.206 e. The average Bonchev–Trinajstić information content (AvgIpc) is 2.79. The van der Waals surface area contributed by atoms with Crippen LogP contribution < -0.4 is 0 Å². The number of hydrogen-bond donors (Lipinski definition) is 0. The van der Waals surface area contributed by atoms with Crippen LogP contribution >= 0.6 is 0 Å². The molecule has 0 saturated heterocycles. The molecule has 0 radical (unpaired) electrons. The van der Waals surface area contributed by atoms with Gasteiger partial charge in [-0.1, -0.05) is 36.4 Å². The number of rotatable bonds is 6. The van der Waals surface area contributed by atoms with Gasteiger partial charge < -0.3 is 0 Å². The lowest BCUT2D eigenvalue weighted by Gasteiger charge is -2.28. The van der Waals surface area contributed by atoms with Crippen molar-refractivity contribution in [1.82, 2.24) is 0 Å². The van der Waals surface area contributed by atoms with Gasteiger partial charge in [0.1, 0.15) is 29.1 Å². The molecule has 1 saturated carbocycles. The molecular weight excluding hydrogens is 407 g/mol. The fourth-order valence-corrected chi connectivity index (χ4v) is 4.93. The zero-order valence-electron chi connectivity index (χ0n) is 18.0. The highest BCUT2D eigenvalue weighted by atomic mass is 19.1. The second kappa shape index (κ2) is 9.61. The Hall–Kier alpha value is -3.06. The maximum Gasteiger partial charge on any atom is 0.144 e. The van der Waals surface area contributed by atoms with E-state index in [1.165, 1.54) is 24.5 Å². The zero-order chi connectivity index (χ0) is 22.7. The Bertz CT molecular complexity index is 1160. The number of aryl methyl sites for hydroxylation is 2. The summed E-state index contributed by atoms with van der Waals surface area (Å²) < 4.78 is 42.8. The summed E-state index contributed by atoms with van der Waals surface area (Å²) in [4.78, 5) is 0. The Morgan fingerprint density at radius 1 is 0.938 bits per heavy atom. The summed E-state index contributed by atoms with van der Waals surface area (Å²) in [5.41, 5.74) is 1.60. The third-order valence-electron chi connectivity index (χ3n) is 6.77. The van der Waals surface area contributed by atoms with Gasteiger partial charge in [-0.15, -0.1) is 6.58 Å². The molecule has 0 atom stereocenters. The molecule has 3 aromatic carbocycles. The van der Waals surface area contributed by atoms with E-state index < -0.39 is 17.2 Å². The predicted molar refractivity (Wildman–Crippen MR) is 122 cm³/mol. The van der Waals surface area contributed by atoms with Crippen molar-refractivity contribution in [2.45, 2.75) is 50.9 Å². The zero-order valence-corrected chi connectivity index (χ0v) is 18.0. The lowest BCUT2D eigenvalue weighted by Crippen LogP contribution is -2.12. The number of allylic oxidation sites excluding steroid dienone is 1. The molecular formula is C28H26F3N. The summed E-state index contributed by atoms with van der Waals surface area (Å²) in [6, 6.07) is 13.5. The van der Waals surface area contributed by atoms with Crippen molar-refractivity contribution in [1.29, 1.82) is 5.26 Å². The molecule has 0 unspecified atom stereocenters. The van der Waals surface area contributed by atoms with E-state index in [1.54, 1.807) is 6.07 Å². The van der Waals surface area contributed by atoms with Crippen molar-refractivity contribution in [3.63, 3.8) is 0 Å². The average molecular weight is 434 g/mol. The van der Waals surface area contributed by atoms with Crippen LogP contribution in [0.25, 0.3) is 10.8 Å². The van der Waals surface area contributed by atoms with Gasteiger partial charge in [0, 0.05) is 5.39 Å². The molecule has 32 heavy (non-hydrogen) atoms. The van der Waals surface area contributed by atoms with Gasteiger partial charge in [-0.2, -0.15) is 5.26 Å². The van der Waals surface area contributed by atoms with E-state index in [-0.39, 0.29) is 12.2 Å². The van der Waals surface area contributed by atoms with E-state index in [4.69, 9.17) is 5.26 Å². The minimum absolute atomic E-state index is 0.279. The molecule has 0 amide bonds. The molecule has 4 heteroatoms. The molecule has 1 aliphatic carbocycles. The highest BCUT2D eigenvalue weighted by molar-refractivity contribution is 5.84. The van der Waals surface area contributed by atoms with E-state index in [9.17, 15) is 8.78 Å². The maximum absolute atomic E-state index is 15.2. The van der Waals surface area contributed by atoms with Crippen molar-refractivity contribution >= 4 is 10.8 Å². The van der Waals surface area contributed by atoms with E-state index >= 15 is 4.39 Å². The number of halogens is 3. The number of nitriles is 1. The van der Waals surface area contributed by atoms with Gasteiger partial charge in [0.2, 0.25) is 0 Å². The number of benzene rings is 3. The highest BCUT2D eigenvalue weighted by Crippen LogP contribution is 2.38. The fraction of sp³-hybridized carbons (Fsp3) is 0.321. The molecule has 0 aliphatic heterocycles. The van der Waals surface area contributed by atoms with Crippen molar-refractivity contribution in [2.75, 3.05) is 0 Å². The molecule has 4 rings (SSSR count). The van der Waals surface area contributed by atoms with Crippen LogP contribution in [0.4, 0.5) is 13.2 Å². The van der Waals surface area contributed by atoms with Gasteiger partial charge in [-0.25, -0.2) is 13.2 Å². The van der Waals surface area contributed by atoms with Gasteiger partial charge in [-0.05, 0) is 91.0 Å². The molecule has 1 aliphatic rings. The first-order valence-corrected chi connectivity index (χ1v) is 11.2. The molecule has 0 heterocycles. The van der Waals surface area contributed by atoms with Crippen molar-refractivity contribution in [2.24, 2.45) is 5.92 Å². The van der Waals surface area contributed by atoms with Crippen LogP contribution in [0, 0.1) is 34.7 Å². The Balaban J connectivity index is 1.49. The molecule has 0 N–H and O–H groups in total. The lowest BCUT2D eigenvalue weighted by molar-refractivity contribution is 0.328. The Morgan fingerprint density at radius 3 is 2.31 bits per heavy atom. The normalized spacial score (nSPS) is 18.4. The van der Waals surface area contributed by atoms with E-state index in [0.717, 1.165) is 42.7 Å². The quantitative estimate of drug-likeness (QED) is 0.364. The lowest BCUT2D eigenvalue weighted by atomic mass is 9.77. The summed E-state index contributed by atoms with van der Waals surface area (Å²) >= 11 is 0. The second-order valence-electron chi connectivity index (χ2n) is 8.81. The van der Waals surface area contributed by atoms with Crippen LogP contribution in [-0.4, -0.2) is 0 Å². The van der Waals surface area contributed by atoms with Gasteiger partial charge in [0.05, 0.1) is 0 Å². The first kappa shape index (κ1) is 22.1. The minimum atomic E-state index is -0.882. The third kappa shape index (κ3) is 4.58. The van der Waals surface area contributed by atoms with Gasteiger partial charge in [0.25, 0.3) is 0 Å². The number of hydrogen-bond acceptors (Lipinski definition) is 1. The Morgan fingerprint density at radius 2 is 1.66 bits per heavy atom. The van der Waals surface area contributed by atoms with Gasteiger partial charge in [0.15, 0.2) is 0 Å². The summed E-state index contributed by atoms with van der Waals surface area (Å²) in [7, 11) is 0. The summed E-state index contributed by atoms with van der Waals surface area (Å²) in [5, 5.41) is 10.2. The smallest absolute Gasteiger partial charge is 0.144 e. The number of fused-ring (bicyclic) bond motifs is 1. The fourth-order valence-electron chi connectivity index (χ4n) is 4.93. The second-order valence-corrected chi connectivity index (χ2v) is 8.81. The molecule has 0 aromatic heterocycles. The molecule has 1 fully saturated rings. The first-order chi connectivity index (χ1) is 15.5. The van der Waals surface area contributed by atoms with Crippen LogP contribution in [0.1, 0.15) is 60.3 Å². The SMILES string of the molecule is C=CCC1CCC(c2ccc3c(F)c(CCc4cc(F)c(C#N)c(F)c4)ccc3c2)CC1. The Labute approximate surface area is 187 Å². The van der Waals surface area contributed by atoms with Crippen LogP contribution in [-0.2, 0) is 12.8 Å². The molecule has 164 valence electrons. The van der Waals surface area contributed by atoms with E-state index in [1.807, 2.05) is 24.3 Å². The van der Waals surface area contributed by atoms with Crippen LogP contribution in [0.5, 0.6) is 0 Å². The predicted octanol–water partition coefficient (Wildman–Crippen LogP) is 7.76. The summed E-state index contributed by atoms with van der Waals surface area (Å²) in [6.07, 6.45) is 8.42. The molecule has 0 spiro atoms. The summed E-state index contributed by atoms with van der Waals surface area (Å²) in [5.74, 6) is -0.787. The number of nitrogens with zero attached hydrogens (tertiary/aromatic N) is 1. The molecule has 1 nitrogen and oxygen atoms in total. The van der Waals surface area contributed by atoms with Crippen molar-refractivity contribution in [3.05, 3.63) is 94.8 Å². The van der Waals surface area contributed by atoms with E-state index in [2.05, 4.69) is 12.6 Å². The topological polar surface area (TPSA) is 23.8 Å². The van der Waals surface area contributed by atoms with Gasteiger partial charge in [-0.3, -0.25) is 0 Å². The summed E-state index contributed by atoms with van der Waals surface area (Å²) in [6.45, 7) is 3.85. The van der Waals surface area contributed by atoms with Crippen LogP contribution in [0.15, 0.2) is 55.1 Å². The molecule has 3 aromatic rings. The monoisotopic (exact) mass is 433 g/mol. The largest absolute Gasteiger partial charge is 0.206 e. The third-order valence-corrected chi connectivity index (χ3v) is 6.77. The van der Waals surface area contributed by atoms with E-state index in [0.29, 0.717) is 28.9 Å². The van der Waals surface area contributed by atoms with Crippen molar-refractivity contribution < 1.29 is 13.2 Å². The maximum atomic E-state index is 15.2. The standard InChI is InChI=1S/C28H26F3N/c1-2-3-18-4-7-20(8-5-18)22-12-13-24-23(16-22)11-10-21(28(24)31)9-6-19-14-26(29)25(17-32)27(30)15-19/h2,10-16,18,20H,1,3-9H2. The van der Waals surface area contributed by atoms with Crippen LogP contribution in [0.2, 0.25) is 0 Å².